The summed E-state index contributed by atoms with van der Waals surface area (Å²) in [6.07, 6.45) is 47.3. The Kier molecular flexibility index (Phi) is 42.9. The van der Waals surface area contributed by atoms with E-state index in [0.717, 1.165) is 96.3 Å². The summed E-state index contributed by atoms with van der Waals surface area (Å²) in [6, 6.07) is 0. The highest BCUT2D eigenvalue weighted by molar-refractivity contribution is 5.74. The van der Waals surface area contributed by atoms with Crippen molar-refractivity contribution < 1.29 is 58.2 Å². The third-order valence-corrected chi connectivity index (χ3v) is 11.9. The maximum atomic E-state index is 13.1. The molecule has 1 aliphatic heterocycles. The van der Waals surface area contributed by atoms with Gasteiger partial charge in [0.25, 0.3) is 0 Å². The fraction of sp³-hybridized carbons (Fsp3) is 0.695. The normalized spacial score (nSPS) is 19.1. The lowest BCUT2D eigenvalue weighted by Crippen LogP contribution is -2.61. The van der Waals surface area contributed by atoms with E-state index in [1.54, 1.807) is 0 Å². The van der Waals surface area contributed by atoms with Crippen molar-refractivity contribution >= 4 is 23.9 Å². The predicted octanol–water partition coefficient (Wildman–Crippen LogP) is 13.6. The van der Waals surface area contributed by atoms with Crippen LogP contribution in [0.4, 0.5) is 0 Å². The molecule has 71 heavy (non-hydrogen) atoms. The van der Waals surface area contributed by atoms with Crippen LogP contribution in [0, 0.1) is 0 Å². The summed E-state index contributed by atoms with van der Waals surface area (Å²) in [5.74, 6) is -3.26. The summed E-state index contributed by atoms with van der Waals surface area (Å²) in [6.45, 7) is 5.74. The third-order valence-electron chi connectivity index (χ3n) is 11.9. The molecule has 0 aromatic rings. The first kappa shape index (κ1) is 64.9. The largest absolute Gasteiger partial charge is 0.479 e. The zero-order valence-corrected chi connectivity index (χ0v) is 44.2. The van der Waals surface area contributed by atoms with Gasteiger partial charge < -0.3 is 39.0 Å². The summed E-state index contributed by atoms with van der Waals surface area (Å²) in [4.78, 5) is 50.9. The highest BCUT2D eigenvalue weighted by Crippen LogP contribution is 2.26. The Hall–Kier alpha value is -4.10. The smallest absolute Gasteiger partial charge is 0.335 e. The maximum Gasteiger partial charge on any atom is 0.335 e. The van der Waals surface area contributed by atoms with Gasteiger partial charge in [-0.1, -0.05) is 183 Å². The summed E-state index contributed by atoms with van der Waals surface area (Å²) < 4.78 is 28.2. The summed E-state index contributed by atoms with van der Waals surface area (Å²) in [5.41, 5.74) is 0. The number of hydrogen-bond donors (Lipinski definition) is 3. The fourth-order valence-electron chi connectivity index (χ4n) is 7.69. The second-order valence-electron chi connectivity index (χ2n) is 18.5. The first-order valence-electron chi connectivity index (χ1n) is 27.6. The number of carbonyl (C=O) groups is 4. The van der Waals surface area contributed by atoms with E-state index >= 15 is 0 Å². The van der Waals surface area contributed by atoms with Crippen LogP contribution in [0.2, 0.25) is 0 Å². The molecule has 0 spiro atoms. The van der Waals surface area contributed by atoms with E-state index in [-0.39, 0.29) is 25.9 Å². The first-order chi connectivity index (χ1) is 34.6. The fourth-order valence-corrected chi connectivity index (χ4v) is 7.69. The van der Waals surface area contributed by atoms with Crippen LogP contribution in [0.1, 0.15) is 213 Å². The molecule has 0 amide bonds. The topological polar surface area (TPSA) is 175 Å². The number of allylic oxidation sites excluding steroid dienone is 14. The predicted molar refractivity (Wildman–Crippen MR) is 284 cm³/mol. The van der Waals surface area contributed by atoms with Crippen molar-refractivity contribution in [3.05, 3.63) is 85.1 Å². The van der Waals surface area contributed by atoms with Gasteiger partial charge in [0.2, 0.25) is 0 Å². The van der Waals surface area contributed by atoms with Gasteiger partial charge in [-0.3, -0.25) is 14.4 Å². The van der Waals surface area contributed by atoms with Gasteiger partial charge in [-0.05, 0) is 96.3 Å². The second-order valence-corrected chi connectivity index (χ2v) is 18.5. The number of esters is 3. The van der Waals surface area contributed by atoms with Crippen LogP contribution < -0.4 is 0 Å². The molecule has 404 valence electrons. The molecule has 0 bridgehead atoms. The molecule has 1 heterocycles. The minimum atomic E-state index is -1.93. The molecule has 1 saturated heterocycles. The Labute approximate surface area is 429 Å². The van der Waals surface area contributed by atoms with E-state index in [1.807, 2.05) is 18.2 Å². The number of unbranched alkanes of at least 4 members (excludes halogenated alkanes) is 17. The molecule has 1 aliphatic rings. The number of hydrogen-bond acceptors (Lipinski definition) is 11. The molecule has 1 rings (SSSR count). The minimum Gasteiger partial charge on any atom is -0.479 e. The molecule has 0 saturated carbocycles. The molecular formula is C59H96O12. The number of rotatable bonds is 45. The lowest BCUT2D eigenvalue weighted by atomic mass is 9.98. The quantitative estimate of drug-likeness (QED) is 0.0228. The Morgan fingerprint density at radius 2 is 0.930 bits per heavy atom. The van der Waals surface area contributed by atoms with Gasteiger partial charge in [0.05, 0.1) is 6.61 Å². The summed E-state index contributed by atoms with van der Waals surface area (Å²) in [5, 5.41) is 31.3. The number of carbonyl (C=O) groups excluding carboxylic acids is 3. The first-order valence-corrected chi connectivity index (χ1v) is 27.6. The van der Waals surface area contributed by atoms with Gasteiger partial charge in [0, 0.05) is 19.3 Å². The standard InChI is InChI=1S/C59H96O12/c1-4-7-10-13-16-19-22-24-25-26-27-29-31-33-36-39-42-45-51(60)67-48-50(69-52(61)46-43-40-37-34-30-21-18-15-12-9-6-3)49-68-59-57(55(64)54(63)56(71-59)58(65)66)70-53(62)47-44-41-38-35-32-28-23-20-17-14-11-8-5-2/h8,11,15-20,24-25,28,32,38,41,50,54-57,59,63-64H,4-7,9-10,12-14,21-23,26-27,29-31,33-37,39-40,42-49H2,1-3H3,(H,65,66)/b11-8-,18-15-,19-16-,20-17-,25-24-,32-28-,41-38-. The van der Waals surface area contributed by atoms with Crippen molar-refractivity contribution in [3.63, 3.8) is 0 Å². The molecular weight excluding hydrogens is 901 g/mol. The number of ether oxygens (including phenoxy) is 5. The molecule has 0 aromatic heterocycles. The number of aliphatic hydroxyl groups is 2. The molecule has 6 atom stereocenters. The van der Waals surface area contributed by atoms with Gasteiger partial charge in [-0.25, -0.2) is 4.79 Å². The molecule has 12 heteroatoms. The zero-order valence-electron chi connectivity index (χ0n) is 44.2. The van der Waals surface area contributed by atoms with E-state index in [1.165, 1.54) is 51.4 Å². The van der Waals surface area contributed by atoms with E-state index in [0.29, 0.717) is 25.7 Å². The Morgan fingerprint density at radius 3 is 1.46 bits per heavy atom. The molecule has 6 unspecified atom stereocenters. The van der Waals surface area contributed by atoms with Gasteiger partial charge >= 0.3 is 23.9 Å². The molecule has 0 aliphatic carbocycles. The van der Waals surface area contributed by atoms with Crippen molar-refractivity contribution in [2.24, 2.45) is 0 Å². The summed E-state index contributed by atoms with van der Waals surface area (Å²) >= 11 is 0. The number of aliphatic hydroxyl groups excluding tert-OH is 2. The molecule has 0 aromatic carbocycles. The lowest BCUT2D eigenvalue weighted by Gasteiger charge is -2.40. The third kappa shape index (κ3) is 37.3. The number of aliphatic carboxylic acids is 1. The van der Waals surface area contributed by atoms with Crippen LogP contribution in [0.25, 0.3) is 0 Å². The van der Waals surface area contributed by atoms with Crippen molar-refractivity contribution in [2.75, 3.05) is 13.2 Å². The van der Waals surface area contributed by atoms with Crippen LogP contribution >= 0.6 is 0 Å². The van der Waals surface area contributed by atoms with Gasteiger partial charge in [-0.2, -0.15) is 0 Å². The van der Waals surface area contributed by atoms with E-state index < -0.39 is 67.3 Å². The van der Waals surface area contributed by atoms with Crippen molar-refractivity contribution in [1.82, 2.24) is 0 Å². The monoisotopic (exact) mass is 997 g/mol. The van der Waals surface area contributed by atoms with E-state index in [9.17, 15) is 34.5 Å². The summed E-state index contributed by atoms with van der Waals surface area (Å²) in [7, 11) is 0. The number of carboxylic acids is 1. The van der Waals surface area contributed by atoms with Gasteiger partial charge in [0.15, 0.2) is 24.6 Å². The van der Waals surface area contributed by atoms with E-state index in [2.05, 4.69) is 87.6 Å². The Morgan fingerprint density at radius 1 is 0.479 bits per heavy atom. The van der Waals surface area contributed by atoms with Crippen LogP contribution in [0.5, 0.6) is 0 Å². The average molecular weight is 997 g/mol. The Bertz CT molecular complexity index is 1560. The highest BCUT2D eigenvalue weighted by atomic mass is 16.7. The SMILES string of the molecule is CC/C=C\C/C=C\C/C=C\C/C=C\CCC(=O)OC1C(OCC(COC(=O)CCCCCCCCC/C=C\C/C=C\CCCCC)OC(=O)CCCCCCC/C=C\CCCC)OC(C(=O)O)C(O)C1O. The van der Waals surface area contributed by atoms with Crippen molar-refractivity contribution in [2.45, 2.75) is 250 Å². The lowest BCUT2D eigenvalue weighted by molar-refractivity contribution is -0.301. The molecule has 12 nitrogen and oxygen atoms in total. The van der Waals surface area contributed by atoms with Crippen LogP contribution in [-0.2, 0) is 42.9 Å². The molecule has 0 radical (unpaired) electrons. The van der Waals surface area contributed by atoms with Crippen molar-refractivity contribution in [1.29, 1.82) is 0 Å². The number of carboxylic acid groups (broad SMARTS) is 1. The Balaban J connectivity index is 2.74. The molecule has 3 N–H and O–H groups in total. The van der Waals surface area contributed by atoms with Crippen LogP contribution in [0.3, 0.4) is 0 Å². The maximum absolute atomic E-state index is 13.1. The van der Waals surface area contributed by atoms with Gasteiger partial charge in [0.1, 0.15) is 18.8 Å². The van der Waals surface area contributed by atoms with Crippen molar-refractivity contribution in [3.8, 4) is 0 Å². The van der Waals surface area contributed by atoms with E-state index in [4.69, 9.17) is 23.7 Å². The highest BCUT2D eigenvalue weighted by Gasteiger charge is 2.50. The second kappa shape index (κ2) is 46.9. The van der Waals surface area contributed by atoms with Crippen LogP contribution in [-0.4, -0.2) is 89.2 Å². The minimum absolute atomic E-state index is 0.0650. The average Bonchev–Trinajstić information content (AvgIpc) is 3.35. The molecule has 1 fully saturated rings. The van der Waals surface area contributed by atoms with Gasteiger partial charge in [-0.15, -0.1) is 0 Å². The van der Waals surface area contributed by atoms with Crippen LogP contribution in [0.15, 0.2) is 85.1 Å². The zero-order chi connectivity index (χ0) is 51.8.